The van der Waals surface area contributed by atoms with E-state index < -0.39 is 11.7 Å². The molecule has 0 bridgehead atoms. The maximum Gasteiger partial charge on any atom is 0.418 e. The first-order chi connectivity index (χ1) is 6.89. The Labute approximate surface area is 101 Å². The van der Waals surface area contributed by atoms with Gasteiger partial charge in [-0.2, -0.15) is 13.2 Å². The Morgan fingerprint density at radius 2 is 2.00 bits per heavy atom. The highest BCUT2D eigenvalue weighted by Gasteiger charge is 2.34. The number of aromatic nitrogens is 1. The highest BCUT2D eigenvalue weighted by atomic mass is 127. The van der Waals surface area contributed by atoms with E-state index in [-0.39, 0.29) is 5.52 Å². The van der Waals surface area contributed by atoms with Crippen LogP contribution in [0.4, 0.5) is 13.2 Å². The second kappa shape index (κ2) is 3.58. The van der Waals surface area contributed by atoms with E-state index in [1.54, 1.807) is 6.92 Å². The Kier molecular flexibility index (Phi) is 2.66. The molecular weight excluding hydrogens is 338 g/mol. The summed E-state index contributed by atoms with van der Waals surface area (Å²) in [4.78, 5) is 3.93. The molecule has 0 unspecified atom stereocenters. The predicted octanol–water partition coefficient (Wildman–Crippen LogP) is 4.23. The van der Waals surface area contributed by atoms with Crippen molar-refractivity contribution in [1.82, 2.24) is 4.98 Å². The van der Waals surface area contributed by atoms with E-state index in [2.05, 4.69) is 4.98 Å². The number of thiazole rings is 1. The average Bonchev–Trinajstić information content (AvgIpc) is 2.45. The van der Waals surface area contributed by atoms with Crippen LogP contribution in [0.5, 0.6) is 0 Å². The first-order valence-corrected chi connectivity index (χ1v) is 5.92. The minimum Gasteiger partial charge on any atom is -0.229 e. The third kappa shape index (κ3) is 1.96. The summed E-state index contributed by atoms with van der Waals surface area (Å²) in [6.45, 7) is 1.79. The van der Waals surface area contributed by atoms with Crippen LogP contribution in [0.3, 0.4) is 0 Å². The summed E-state index contributed by atoms with van der Waals surface area (Å²) < 4.78 is 39.1. The van der Waals surface area contributed by atoms with Crippen molar-refractivity contribution >= 4 is 44.1 Å². The zero-order valence-electron chi connectivity index (χ0n) is 7.52. The first kappa shape index (κ1) is 11.1. The monoisotopic (exact) mass is 343 g/mol. The molecule has 0 spiro atoms. The molecule has 15 heavy (non-hydrogen) atoms. The van der Waals surface area contributed by atoms with Crippen LogP contribution in [0.1, 0.15) is 11.1 Å². The number of fused-ring (bicyclic) bond motifs is 1. The summed E-state index contributed by atoms with van der Waals surface area (Å²) in [5, 5.41) is 0. The summed E-state index contributed by atoms with van der Waals surface area (Å²) in [6.07, 6.45) is -4.33. The van der Waals surface area contributed by atoms with Crippen molar-refractivity contribution in [2.24, 2.45) is 0 Å². The van der Waals surface area contributed by atoms with Gasteiger partial charge in [0, 0.05) is 0 Å². The normalized spacial score (nSPS) is 12.3. The molecule has 1 heterocycles. The molecule has 0 radical (unpaired) electrons. The second-order valence-electron chi connectivity index (χ2n) is 3.07. The van der Waals surface area contributed by atoms with Crippen molar-refractivity contribution in [2.75, 3.05) is 0 Å². The van der Waals surface area contributed by atoms with Crippen LogP contribution in [-0.2, 0) is 6.18 Å². The summed E-state index contributed by atoms with van der Waals surface area (Å²) in [7, 11) is 0. The number of alkyl halides is 3. The number of hydrogen-bond acceptors (Lipinski definition) is 2. The van der Waals surface area contributed by atoms with E-state index in [0.29, 0.717) is 7.71 Å². The van der Waals surface area contributed by atoms with Crippen LogP contribution in [0.15, 0.2) is 12.1 Å². The zero-order chi connectivity index (χ0) is 11.2. The number of halogens is 4. The molecule has 6 heteroatoms. The molecule has 0 atom stereocenters. The predicted molar refractivity (Wildman–Crippen MR) is 62.1 cm³/mol. The Balaban J connectivity index is 2.83. The molecular formula is C9H5F3INS. The fraction of sp³-hybridized carbons (Fsp3) is 0.222. The lowest BCUT2D eigenvalue weighted by molar-refractivity contribution is -0.136. The van der Waals surface area contributed by atoms with Gasteiger partial charge >= 0.3 is 6.18 Å². The third-order valence-electron chi connectivity index (χ3n) is 2.02. The molecule has 1 aromatic heterocycles. The van der Waals surface area contributed by atoms with E-state index >= 15 is 0 Å². The van der Waals surface area contributed by atoms with Crippen LogP contribution in [0, 0.1) is 9.94 Å². The summed E-state index contributed by atoms with van der Waals surface area (Å²) in [5.41, 5.74) is 0.248. The van der Waals surface area contributed by atoms with Crippen LogP contribution in [-0.4, -0.2) is 4.98 Å². The smallest absolute Gasteiger partial charge is 0.229 e. The number of nitrogens with zero attached hydrogens (tertiary/aromatic N) is 1. The second-order valence-corrected chi connectivity index (χ2v) is 5.83. The minimum atomic E-state index is -4.33. The minimum absolute atomic E-state index is 0.0666. The molecule has 0 aliphatic carbocycles. The molecule has 1 nitrogen and oxygen atoms in total. The molecule has 0 aliphatic heterocycles. The van der Waals surface area contributed by atoms with Crippen LogP contribution < -0.4 is 0 Å². The van der Waals surface area contributed by atoms with Gasteiger partial charge in [-0.3, -0.25) is 0 Å². The van der Waals surface area contributed by atoms with Gasteiger partial charge < -0.3 is 0 Å². The molecule has 2 aromatic rings. The Hall–Kier alpha value is -0.370. The summed E-state index contributed by atoms with van der Waals surface area (Å²) >= 11 is 3.22. The number of benzene rings is 1. The van der Waals surface area contributed by atoms with Gasteiger partial charge in [-0.25, -0.2) is 4.98 Å². The zero-order valence-corrected chi connectivity index (χ0v) is 10.5. The fourth-order valence-corrected chi connectivity index (χ4v) is 3.02. The van der Waals surface area contributed by atoms with Gasteiger partial charge in [-0.1, -0.05) is 6.07 Å². The third-order valence-corrected chi connectivity index (χ3v) is 3.90. The quantitative estimate of drug-likeness (QED) is 0.653. The van der Waals surface area contributed by atoms with Crippen LogP contribution >= 0.6 is 33.9 Å². The topological polar surface area (TPSA) is 12.9 Å². The van der Waals surface area contributed by atoms with Crippen molar-refractivity contribution < 1.29 is 13.2 Å². The maximum absolute atomic E-state index is 12.6. The lowest BCUT2D eigenvalue weighted by atomic mass is 10.1. The number of rotatable bonds is 0. The van der Waals surface area contributed by atoms with Crippen molar-refractivity contribution in [1.29, 1.82) is 0 Å². The molecule has 0 N–H and O–H groups in total. The first-order valence-electron chi connectivity index (χ1n) is 4.02. The van der Waals surface area contributed by atoms with Gasteiger partial charge in [0.25, 0.3) is 0 Å². The highest BCUT2D eigenvalue weighted by molar-refractivity contribution is 14.1. The van der Waals surface area contributed by atoms with Gasteiger partial charge in [0.2, 0.25) is 0 Å². The Bertz CT molecular complexity index is 518. The van der Waals surface area contributed by atoms with Crippen molar-refractivity contribution in [3.05, 3.63) is 26.3 Å². The van der Waals surface area contributed by atoms with Crippen molar-refractivity contribution in [3.8, 4) is 0 Å². The molecule has 0 fully saturated rings. The van der Waals surface area contributed by atoms with E-state index in [1.807, 2.05) is 22.6 Å². The molecule has 0 amide bonds. The lowest BCUT2D eigenvalue weighted by Crippen LogP contribution is -2.05. The molecule has 80 valence electrons. The number of hydrogen-bond donors (Lipinski definition) is 0. The summed E-state index contributed by atoms with van der Waals surface area (Å²) in [5.74, 6) is 0. The molecule has 0 aliphatic rings. The molecule has 0 saturated carbocycles. The van der Waals surface area contributed by atoms with Gasteiger partial charge in [0.1, 0.15) is 0 Å². The highest BCUT2D eigenvalue weighted by Crippen LogP contribution is 2.37. The number of aryl methyl sites for hydroxylation is 1. The van der Waals surface area contributed by atoms with Crippen LogP contribution in [0.2, 0.25) is 0 Å². The van der Waals surface area contributed by atoms with E-state index in [9.17, 15) is 13.2 Å². The van der Waals surface area contributed by atoms with E-state index in [0.717, 1.165) is 11.6 Å². The van der Waals surface area contributed by atoms with Gasteiger partial charge in [0.15, 0.2) is 3.01 Å². The average molecular weight is 343 g/mol. The van der Waals surface area contributed by atoms with Gasteiger partial charge in [-0.15, -0.1) is 11.3 Å². The van der Waals surface area contributed by atoms with Crippen LogP contribution in [0.25, 0.3) is 10.2 Å². The lowest BCUT2D eigenvalue weighted by Gasteiger charge is -2.07. The Morgan fingerprint density at radius 1 is 1.33 bits per heavy atom. The standard InChI is InChI=1S/C9H5F3INS/c1-4-2-3-5(9(10,11)12)6-7(4)15-8(13)14-6/h2-3H,1H3. The molecule has 1 aromatic carbocycles. The fourth-order valence-electron chi connectivity index (χ4n) is 1.34. The van der Waals surface area contributed by atoms with Crippen molar-refractivity contribution in [3.63, 3.8) is 0 Å². The Morgan fingerprint density at radius 3 is 2.60 bits per heavy atom. The molecule has 2 rings (SSSR count). The maximum atomic E-state index is 12.6. The van der Waals surface area contributed by atoms with Gasteiger partial charge in [-0.05, 0) is 41.1 Å². The SMILES string of the molecule is Cc1ccc(C(F)(F)F)c2nc(I)sc12. The largest absolute Gasteiger partial charge is 0.418 e. The van der Waals surface area contributed by atoms with E-state index in [4.69, 9.17) is 0 Å². The van der Waals surface area contributed by atoms with E-state index in [1.165, 1.54) is 17.4 Å². The van der Waals surface area contributed by atoms with Crippen molar-refractivity contribution in [2.45, 2.75) is 13.1 Å². The summed E-state index contributed by atoms with van der Waals surface area (Å²) in [6, 6.07) is 2.58. The van der Waals surface area contributed by atoms with Gasteiger partial charge in [0.05, 0.1) is 15.8 Å². The molecule has 0 saturated heterocycles.